The number of Topliss-reactive ketones (excluding diaryl/α,β-unsaturated/α-hetero) is 4. The van der Waals surface area contributed by atoms with Crippen LogP contribution in [0.1, 0.15) is 55.4 Å². The molecular weight excluding hydrogens is 1640 g/mol. The SMILES string of the molecule is CC(C)=O.CC(C)=O.CC(C)=O.CC(C)=O.F[P-](F)(F)(F)(F)F.F[P-](F)(F)(F)(F)F.O=C1C([PH+](c2ccccc2)c2ccccc2)=C([PH+](c2ccccc2)c2ccccc2)C(=O)N1c1ccccc1.O=C1C([PH+](c2ccccc2)c2ccccc2)=C([PH+](c2ccccc2)c2ccccc2)C(=O)N1c1ccccc1.[Pd+2]. The number of halogens is 12. The number of anilines is 2. The summed E-state index contributed by atoms with van der Waals surface area (Å²) in [4.78, 5) is 98.9. The molecule has 0 N–H and O–H groups in total. The number of hydrogen-bond acceptors (Lipinski definition) is 8. The molecule has 0 atom stereocenters. The van der Waals surface area contributed by atoms with Crippen LogP contribution in [0.3, 0.4) is 0 Å². The second-order valence-electron chi connectivity index (χ2n) is 24.0. The Morgan fingerprint density at radius 3 is 0.413 bits per heavy atom. The van der Waals surface area contributed by atoms with Gasteiger partial charge >= 0.3 is 110 Å². The van der Waals surface area contributed by atoms with E-state index in [1.54, 1.807) is 0 Å². The van der Waals surface area contributed by atoms with Gasteiger partial charge in [0.25, 0.3) is 0 Å². The maximum Gasteiger partial charge on any atom is 2.00 e. The summed E-state index contributed by atoms with van der Waals surface area (Å²) in [5, 5.41) is 11.3. The van der Waals surface area contributed by atoms with E-state index in [0.717, 1.165) is 42.4 Å². The van der Waals surface area contributed by atoms with Gasteiger partial charge in [-0.3, -0.25) is 19.2 Å². The van der Waals surface area contributed by atoms with E-state index in [2.05, 4.69) is 97.1 Å². The van der Waals surface area contributed by atoms with Crippen LogP contribution < -0.4 is 52.2 Å². The Morgan fingerprint density at radius 1 is 0.220 bits per heavy atom. The summed E-state index contributed by atoms with van der Waals surface area (Å²) in [6, 6.07) is 100. The van der Waals surface area contributed by atoms with Gasteiger partial charge in [-0.2, -0.15) is 0 Å². The van der Waals surface area contributed by atoms with Crippen molar-refractivity contribution in [1.82, 2.24) is 0 Å². The van der Waals surface area contributed by atoms with E-state index in [1.165, 1.54) is 65.2 Å². The number of ketones is 4. The summed E-state index contributed by atoms with van der Waals surface area (Å²) >= 11 is 0. The predicted molar refractivity (Wildman–Crippen MR) is 426 cm³/mol. The number of carbonyl (C=O) groups excluding carboxylic acids is 8. The predicted octanol–water partition coefficient (Wildman–Crippen LogP) is 20.1. The molecule has 10 aromatic rings. The Morgan fingerprint density at radius 2 is 0.312 bits per heavy atom. The van der Waals surface area contributed by atoms with Crippen molar-refractivity contribution >= 4 is 148 Å². The Balaban J connectivity index is 0.000000334. The van der Waals surface area contributed by atoms with Crippen LogP contribution in [0, 0.1) is 0 Å². The minimum Gasteiger partial charge on any atom is -0.264 e. The quantitative estimate of drug-likeness (QED) is 0.0453. The fraction of sp³-hybridized carbons (Fsp3) is 0.100. The van der Waals surface area contributed by atoms with Crippen LogP contribution in [0.4, 0.5) is 61.7 Å². The van der Waals surface area contributed by atoms with Crippen molar-refractivity contribution in [3.8, 4) is 0 Å². The van der Waals surface area contributed by atoms with Crippen molar-refractivity contribution in [1.29, 1.82) is 0 Å². The topological polar surface area (TPSA) is 143 Å². The number of hydrogen-bond donors (Lipinski definition) is 0. The van der Waals surface area contributed by atoms with Crippen LogP contribution >= 0.6 is 47.3 Å². The molecule has 4 amide bonds. The van der Waals surface area contributed by atoms with Crippen molar-refractivity contribution < 1.29 is 109 Å². The molecule has 10 nitrogen and oxygen atoms in total. The molecule has 0 fully saturated rings. The van der Waals surface area contributed by atoms with Crippen molar-refractivity contribution in [2.24, 2.45) is 0 Å². The van der Waals surface area contributed by atoms with Crippen molar-refractivity contribution in [2.75, 3.05) is 9.80 Å². The van der Waals surface area contributed by atoms with E-state index in [4.69, 9.17) is 0 Å². The first-order valence-electron chi connectivity index (χ1n) is 32.6. The Kier molecular flexibility index (Phi) is 33.6. The molecule has 29 heteroatoms. The summed E-state index contributed by atoms with van der Waals surface area (Å²) in [6.07, 6.45) is 0. The molecule has 0 aliphatic carbocycles. The van der Waals surface area contributed by atoms with Gasteiger partial charge in [0, 0.05) is 0 Å². The molecule has 0 radical (unpaired) electrons. The largest absolute Gasteiger partial charge is 2.00 e. The van der Waals surface area contributed by atoms with E-state index in [0.29, 0.717) is 32.6 Å². The Hall–Kier alpha value is -8.96. The number of para-hydroxylation sites is 2. The standard InChI is InChI=1S/2C34H25NO2P2.4C3H6O.2F6P.Pd/c2*36-33-31(38(27-18-8-2-9-19-27)28-20-10-3-11-21-28)32(34(37)35(33)26-16-6-1-7-17-26)39(29-22-12-4-13-23-29)30-24-14-5-15-25-30;4*1-3(2)4;2*1-7(2,3,4,5)6;/h2*1-25H;4*1-2H3;;;/q;;;;;;2*-1;+2/p+4. The van der Waals surface area contributed by atoms with Crippen molar-refractivity contribution in [2.45, 2.75) is 55.4 Å². The molecule has 0 aromatic heterocycles. The second-order valence-corrected chi connectivity index (χ2v) is 37.5. The normalized spacial score (nSPS) is 13.6. The Labute approximate surface area is 642 Å². The smallest absolute Gasteiger partial charge is 0.264 e. The monoisotopic (exact) mass is 1710 g/mol. The zero-order valence-corrected chi connectivity index (χ0v) is 67.1. The van der Waals surface area contributed by atoms with Crippen molar-refractivity contribution in [3.63, 3.8) is 0 Å². The van der Waals surface area contributed by atoms with E-state index in [9.17, 15) is 88.7 Å². The molecule has 0 bridgehead atoms. The first kappa shape index (κ1) is 92.4. The van der Waals surface area contributed by atoms with Crippen LogP contribution in [-0.4, -0.2) is 46.8 Å². The molecule has 10 aromatic carbocycles. The van der Waals surface area contributed by atoms with Gasteiger partial charge in [-0.25, -0.2) is 9.80 Å². The average Bonchev–Trinajstić information content (AvgIpc) is 1.59. The van der Waals surface area contributed by atoms with Crippen LogP contribution in [0.5, 0.6) is 0 Å². The van der Waals surface area contributed by atoms with Gasteiger partial charge in [-0.05, 0) is 177 Å². The first-order valence-corrected chi connectivity index (χ1v) is 42.7. The number of carbonyl (C=O) groups is 8. The third-order valence-electron chi connectivity index (χ3n) is 13.7. The summed E-state index contributed by atoms with van der Waals surface area (Å²) in [5.74, 6) is -0.177. The van der Waals surface area contributed by atoms with Gasteiger partial charge < -0.3 is 19.2 Å². The Bertz CT molecular complexity index is 4030. The molecule has 576 valence electrons. The van der Waals surface area contributed by atoms with Crippen molar-refractivity contribution in [3.05, 3.63) is 325 Å². The fourth-order valence-corrected chi connectivity index (χ4v) is 22.3. The molecule has 2 aliphatic heterocycles. The van der Waals surface area contributed by atoms with Crippen LogP contribution in [-0.2, 0) is 58.8 Å². The third kappa shape index (κ3) is 33.4. The maximum absolute atomic E-state index is 14.6. The first-order chi connectivity index (χ1) is 50.3. The molecule has 12 rings (SSSR count). The number of nitrogens with zero attached hydrogens (tertiary/aromatic N) is 2. The average molecular weight is 1720 g/mol. The van der Waals surface area contributed by atoms with Gasteiger partial charge in [0.2, 0.25) is 21.3 Å². The number of benzene rings is 10. The minimum atomic E-state index is -10.7. The van der Waals surface area contributed by atoms with E-state index < -0.39 is 47.3 Å². The molecule has 0 saturated heterocycles. The van der Waals surface area contributed by atoms with Crippen LogP contribution in [0.15, 0.2) is 325 Å². The fourth-order valence-electron chi connectivity index (χ4n) is 10.3. The summed E-state index contributed by atoms with van der Waals surface area (Å²) < 4.78 is 118. The second kappa shape index (κ2) is 39.6. The third-order valence-corrected chi connectivity index (χ3v) is 25.3. The van der Waals surface area contributed by atoms with Crippen LogP contribution in [0.25, 0.3) is 0 Å². The molecule has 0 spiro atoms. The zero-order chi connectivity index (χ0) is 80.3. The van der Waals surface area contributed by atoms with Gasteiger partial charge in [0.05, 0.1) is 11.4 Å². The number of amides is 4. The molecule has 0 unspecified atom stereocenters. The molecule has 2 aliphatic rings. The van der Waals surface area contributed by atoms with E-state index in [1.807, 2.05) is 206 Å². The van der Waals surface area contributed by atoms with E-state index in [-0.39, 0.29) is 67.2 Å². The summed E-state index contributed by atoms with van der Waals surface area (Å²) in [5.41, 5.74) is 1.20. The van der Waals surface area contributed by atoms with Crippen LogP contribution in [0.2, 0.25) is 0 Å². The molecule has 2 heterocycles. The minimum absolute atomic E-state index is 0. The van der Waals surface area contributed by atoms with Gasteiger partial charge in [0.15, 0.2) is 0 Å². The molecule has 109 heavy (non-hydrogen) atoms. The van der Waals surface area contributed by atoms with Gasteiger partial charge in [0.1, 0.15) is 97.3 Å². The number of imide groups is 2. The summed E-state index contributed by atoms with van der Waals surface area (Å²) in [7, 11) is -28.6. The van der Waals surface area contributed by atoms with Gasteiger partial charge in [-0.1, -0.05) is 182 Å². The van der Waals surface area contributed by atoms with Gasteiger partial charge in [-0.15, -0.1) is 0 Å². The maximum atomic E-state index is 14.6. The van der Waals surface area contributed by atoms with E-state index >= 15 is 0 Å². The number of rotatable bonds is 14. The summed E-state index contributed by atoms with van der Waals surface area (Å²) in [6.45, 7) is 12.2. The molecular formula is C80H78F12N2O8P6Pd+4. The molecule has 0 saturated carbocycles. The zero-order valence-electron chi connectivity index (χ0n) is 59.8.